The number of carbonyl (C=O) groups excluding carboxylic acids is 1. The Balaban J connectivity index is 1.79. The summed E-state index contributed by atoms with van der Waals surface area (Å²) >= 11 is 0. The largest absolute Gasteiger partial charge is 0.455 e. The second kappa shape index (κ2) is 7.44. The smallest absolute Gasteiger partial charge is 0.231 e. The van der Waals surface area contributed by atoms with Crippen molar-refractivity contribution in [2.45, 2.75) is 33.6 Å². The average Bonchev–Trinajstić information content (AvgIpc) is 2.96. The predicted octanol–water partition coefficient (Wildman–Crippen LogP) is 5.13. The molecule has 1 aromatic heterocycles. The van der Waals surface area contributed by atoms with Crippen LogP contribution in [0.3, 0.4) is 0 Å². The molecule has 0 aliphatic carbocycles. The second-order valence-electron chi connectivity index (χ2n) is 6.36. The molecule has 1 unspecified atom stereocenters. The first-order chi connectivity index (χ1) is 12.5. The van der Waals surface area contributed by atoms with Gasteiger partial charge in [0.2, 0.25) is 5.91 Å². The SMILES string of the molecule is Cc1ccc(Oc2ccccc2NC(=O)C(C)c2c(C)noc2C)cc1. The molecule has 3 rings (SSSR count). The standard InChI is InChI=1S/C21H22N2O3/c1-13-9-11-17(12-10-13)25-19-8-6-5-7-18(19)22-21(24)14(2)20-15(3)23-26-16(20)4/h5-12,14H,1-4H3,(H,22,24). The van der Waals surface area contributed by atoms with Gasteiger partial charge >= 0.3 is 0 Å². The molecule has 0 saturated heterocycles. The fourth-order valence-electron chi connectivity index (χ4n) is 2.87. The quantitative estimate of drug-likeness (QED) is 0.692. The molecule has 1 amide bonds. The molecule has 26 heavy (non-hydrogen) atoms. The number of amides is 1. The molecule has 0 fully saturated rings. The number of para-hydroxylation sites is 2. The molecule has 0 bridgehead atoms. The molecule has 3 aromatic rings. The van der Waals surface area contributed by atoms with Crippen LogP contribution >= 0.6 is 0 Å². The van der Waals surface area contributed by atoms with Gasteiger partial charge < -0.3 is 14.6 Å². The normalized spacial score (nSPS) is 11.8. The van der Waals surface area contributed by atoms with Crippen molar-refractivity contribution in [2.75, 3.05) is 5.32 Å². The Hall–Kier alpha value is -3.08. The maximum atomic E-state index is 12.7. The molecule has 5 nitrogen and oxygen atoms in total. The van der Waals surface area contributed by atoms with Crippen molar-refractivity contribution in [3.05, 3.63) is 71.1 Å². The number of hydrogen-bond acceptors (Lipinski definition) is 4. The van der Waals surface area contributed by atoms with E-state index in [2.05, 4.69) is 10.5 Å². The lowest BCUT2D eigenvalue weighted by molar-refractivity contribution is -0.117. The van der Waals surface area contributed by atoms with Crippen LogP contribution in [0.1, 0.15) is 35.4 Å². The Labute approximate surface area is 153 Å². The van der Waals surface area contributed by atoms with Gasteiger partial charge in [0.15, 0.2) is 5.75 Å². The number of ether oxygens (including phenoxy) is 1. The molecule has 0 spiro atoms. The van der Waals surface area contributed by atoms with E-state index in [0.29, 0.717) is 17.2 Å². The fraction of sp³-hybridized carbons (Fsp3) is 0.238. The van der Waals surface area contributed by atoms with Gasteiger partial charge in [-0.3, -0.25) is 4.79 Å². The molecule has 0 saturated carbocycles. The molecule has 2 aromatic carbocycles. The number of benzene rings is 2. The molecule has 0 aliphatic rings. The molecule has 0 aliphatic heterocycles. The highest BCUT2D eigenvalue weighted by Crippen LogP contribution is 2.31. The summed E-state index contributed by atoms with van der Waals surface area (Å²) in [5.41, 5.74) is 3.33. The number of carbonyl (C=O) groups is 1. The number of anilines is 1. The summed E-state index contributed by atoms with van der Waals surface area (Å²) in [5.74, 6) is 1.45. The minimum absolute atomic E-state index is 0.139. The van der Waals surface area contributed by atoms with Gasteiger partial charge in [0.1, 0.15) is 11.5 Å². The summed E-state index contributed by atoms with van der Waals surface area (Å²) in [5, 5.41) is 6.88. The second-order valence-corrected chi connectivity index (χ2v) is 6.36. The van der Waals surface area contributed by atoms with E-state index in [9.17, 15) is 4.79 Å². The molecule has 134 valence electrons. The molecular weight excluding hydrogens is 328 g/mol. The Morgan fingerprint density at radius 3 is 2.42 bits per heavy atom. The number of rotatable bonds is 5. The summed E-state index contributed by atoms with van der Waals surface area (Å²) in [7, 11) is 0. The highest BCUT2D eigenvalue weighted by atomic mass is 16.5. The molecule has 1 heterocycles. The monoisotopic (exact) mass is 350 g/mol. The minimum Gasteiger partial charge on any atom is -0.455 e. The maximum absolute atomic E-state index is 12.7. The first-order valence-electron chi connectivity index (χ1n) is 8.53. The zero-order valence-corrected chi connectivity index (χ0v) is 15.4. The Bertz CT molecular complexity index is 894. The van der Waals surface area contributed by atoms with E-state index < -0.39 is 0 Å². The van der Waals surface area contributed by atoms with E-state index in [1.54, 1.807) is 0 Å². The Morgan fingerprint density at radius 1 is 1.08 bits per heavy atom. The van der Waals surface area contributed by atoms with Crippen LogP contribution in [0, 0.1) is 20.8 Å². The zero-order valence-electron chi connectivity index (χ0n) is 15.4. The van der Waals surface area contributed by atoms with Crippen LogP contribution in [0.5, 0.6) is 11.5 Å². The molecule has 1 atom stereocenters. The Morgan fingerprint density at radius 2 is 1.77 bits per heavy atom. The summed E-state index contributed by atoms with van der Waals surface area (Å²) in [6, 6.07) is 15.2. The van der Waals surface area contributed by atoms with Crippen LogP contribution in [0.2, 0.25) is 0 Å². The molecular formula is C21H22N2O3. The number of nitrogens with one attached hydrogen (secondary N) is 1. The average molecular weight is 350 g/mol. The van der Waals surface area contributed by atoms with Gasteiger partial charge in [0.05, 0.1) is 17.3 Å². The van der Waals surface area contributed by atoms with E-state index in [1.165, 1.54) is 0 Å². The zero-order chi connectivity index (χ0) is 18.7. The summed E-state index contributed by atoms with van der Waals surface area (Å²) in [4.78, 5) is 12.7. The van der Waals surface area contributed by atoms with E-state index in [0.717, 1.165) is 22.6 Å². The van der Waals surface area contributed by atoms with Crippen molar-refractivity contribution in [2.24, 2.45) is 0 Å². The van der Waals surface area contributed by atoms with Gasteiger partial charge in [-0.1, -0.05) is 35.0 Å². The van der Waals surface area contributed by atoms with Gasteiger partial charge in [-0.25, -0.2) is 0 Å². The number of nitrogens with zero attached hydrogens (tertiary/aromatic N) is 1. The first kappa shape index (κ1) is 17.7. The molecule has 1 N–H and O–H groups in total. The molecule has 5 heteroatoms. The van der Waals surface area contributed by atoms with Gasteiger partial charge in [0.25, 0.3) is 0 Å². The van der Waals surface area contributed by atoms with Crippen molar-refractivity contribution in [3.8, 4) is 11.5 Å². The van der Waals surface area contributed by atoms with E-state index in [1.807, 2.05) is 76.2 Å². The van der Waals surface area contributed by atoms with Crippen LogP contribution in [-0.4, -0.2) is 11.1 Å². The van der Waals surface area contributed by atoms with Crippen molar-refractivity contribution >= 4 is 11.6 Å². The van der Waals surface area contributed by atoms with Crippen molar-refractivity contribution in [1.29, 1.82) is 0 Å². The lowest BCUT2D eigenvalue weighted by Gasteiger charge is -2.15. The van der Waals surface area contributed by atoms with E-state index in [4.69, 9.17) is 9.26 Å². The van der Waals surface area contributed by atoms with Gasteiger partial charge in [-0.2, -0.15) is 0 Å². The molecule has 0 radical (unpaired) electrons. The fourth-order valence-corrected chi connectivity index (χ4v) is 2.87. The minimum atomic E-state index is -0.381. The summed E-state index contributed by atoms with van der Waals surface area (Å²) in [6.07, 6.45) is 0. The van der Waals surface area contributed by atoms with Crippen molar-refractivity contribution in [1.82, 2.24) is 5.16 Å². The third-order valence-electron chi connectivity index (χ3n) is 4.31. The predicted molar refractivity (Wildman–Crippen MR) is 101 cm³/mol. The van der Waals surface area contributed by atoms with Crippen LogP contribution in [0.15, 0.2) is 53.1 Å². The van der Waals surface area contributed by atoms with E-state index in [-0.39, 0.29) is 11.8 Å². The van der Waals surface area contributed by atoms with Gasteiger partial charge in [-0.15, -0.1) is 0 Å². The third kappa shape index (κ3) is 3.77. The van der Waals surface area contributed by atoms with Crippen molar-refractivity contribution in [3.63, 3.8) is 0 Å². The van der Waals surface area contributed by atoms with Crippen LogP contribution in [0.4, 0.5) is 5.69 Å². The topological polar surface area (TPSA) is 64.4 Å². The van der Waals surface area contributed by atoms with Gasteiger partial charge in [0, 0.05) is 5.56 Å². The number of hydrogen-bond donors (Lipinski definition) is 1. The first-order valence-corrected chi connectivity index (χ1v) is 8.53. The maximum Gasteiger partial charge on any atom is 0.231 e. The summed E-state index contributed by atoms with van der Waals surface area (Å²) < 4.78 is 11.1. The lowest BCUT2D eigenvalue weighted by Crippen LogP contribution is -2.20. The highest BCUT2D eigenvalue weighted by molar-refractivity contribution is 5.97. The third-order valence-corrected chi connectivity index (χ3v) is 4.31. The Kier molecular flexibility index (Phi) is 5.07. The number of aryl methyl sites for hydroxylation is 3. The summed E-state index contributed by atoms with van der Waals surface area (Å²) in [6.45, 7) is 7.51. The lowest BCUT2D eigenvalue weighted by atomic mass is 9.98. The van der Waals surface area contributed by atoms with Crippen LogP contribution in [-0.2, 0) is 4.79 Å². The highest BCUT2D eigenvalue weighted by Gasteiger charge is 2.23. The number of aromatic nitrogens is 1. The van der Waals surface area contributed by atoms with Crippen LogP contribution < -0.4 is 10.1 Å². The van der Waals surface area contributed by atoms with Gasteiger partial charge in [-0.05, 0) is 52.0 Å². The van der Waals surface area contributed by atoms with Crippen LogP contribution in [0.25, 0.3) is 0 Å². The van der Waals surface area contributed by atoms with E-state index >= 15 is 0 Å². The van der Waals surface area contributed by atoms with Crippen molar-refractivity contribution < 1.29 is 14.1 Å².